The number of rotatable bonds is 4. The topological polar surface area (TPSA) is 48.5 Å². The molecule has 156 valence electrons. The first-order chi connectivity index (χ1) is 14.6. The second-order valence-electron chi connectivity index (χ2n) is 7.53. The Bertz CT molecular complexity index is 1260. The Morgan fingerprint density at radius 2 is 1.68 bits per heavy atom. The van der Waals surface area contributed by atoms with E-state index in [9.17, 15) is 0 Å². The van der Waals surface area contributed by atoms with Crippen LogP contribution in [0.3, 0.4) is 0 Å². The molecule has 0 atom stereocenters. The fraction of sp³-hybridized carbons (Fsp3) is 0.125. The van der Waals surface area contributed by atoms with E-state index in [4.69, 9.17) is 10.2 Å². The third-order valence-electron chi connectivity index (χ3n) is 5.68. The van der Waals surface area contributed by atoms with Crippen LogP contribution in [-0.4, -0.2) is 32.6 Å². The molecule has 31 heavy (non-hydrogen) atoms. The molecular formula is C24H21N5PtSi. The maximum absolute atomic E-state index is 5.08. The SMILES string of the molecule is Cc1cn(-c2[c-]cccc2)nc1[Si]1(c2nn(-c3[c-]ccnc3)c(C)c2C)C=CC=C1.[Pt+2]. The quantitative estimate of drug-likeness (QED) is 0.267. The summed E-state index contributed by atoms with van der Waals surface area (Å²) in [7, 11) is -2.40. The number of allylic oxidation sites excluding steroid dienone is 2. The number of aromatic nitrogens is 5. The van der Waals surface area contributed by atoms with Gasteiger partial charge in [-0.25, -0.2) is 0 Å². The number of pyridine rings is 1. The summed E-state index contributed by atoms with van der Waals surface area (Å²) in [6.45, 7) is 6.38. The van der Waals surface area contributed by atoms with Crippen molar-refractivity contribution in [2.45, 2.75) is 20.8 Å². The van der Waals surface area contributed by atoms with Gasteiger partial charge < -0.3 is 4.98 Å². The first-order valence-electron chi connectivity index (χ1n) is 9.90. The van der Waals surface area contributed by atoms with Gasteiger partial charge in [-0.2, -0.15) is 46.6 Å². The van der Waals surface area contributed by atoms with E-state index in [1.54, 1.807) is 12.4 Å². The molecule has 0 amide bonds. The second-order valence-corrected chi connectivity index (χ2v) is 10.9. The van der Waals surface area contributed by atoms with Gasteiger partial charge in [0.05, 0.1) is 10.6 Å². The van der Waals surface area contributed by atoms with Crippen LogP contribution in [0.1, 0.15) is 16.8 Å². The maximum atomic E-state index is 5.08. The summed E-state index contributed by atoms with van der Waals surface area (Å²) in [5, 5.41) is 12.3. The Balaban J connectivity index is 0.00000231. The molecule has 0 bridgehead atoms. The molecule has 0 radical (unpaired) electrons. The third kappa shape index (κ3) is 3.50. The van der Waals surface area contributed by atoms with Crippen LogP contribution < -0.4 is 10.6 Å². The summed E-state index contributed by atoms with van der Waals surface area (Å²) in [6, 6.07) is 16.2. The van der Waals surface area contributed by atoms with Crippen molar-refractivity contribution < 1.29 is 21.1 Å². The molecule has 0 aliphatic carbocycles. The largest absolute Gasteiger partial charge is 2.00 e. The van der Waals surface area contributed by atoms with Crippen molar-refractivity contribution in [1.82, 2.24) is 24.5 Å². The van der Waals surface area contributed by atoms with E-state index in [1.165, 1.54) is 5.56 Å². The van der Waals surface area contributed by atoms with Crippen LogP contribution in [0.2, 0.25) is 0 Å². The predicted molar refractivity (Wildman–Crippen MR) is 120 cm³/mol. The molecule has 1 aliphatic rings. The van der Waals surface area contributed by atoms with Gasteiger partial charge in [0.25, 0.3) is 0 Å². The fourth-order valence-corrected chi connectivity index (χ4v) is 7.91. The first-order valence-corrected chi connectivity index (χ1v) is 12.1. The number of para-hydroxylation sites is 1. The minimum absolute atomic E-state index is 0. The van der Waals surface area contributed by atoms with E-state index in [-0.39, 0.29) is 21.1 Å². The number of aryl methyl sites for hydroxylation is 1. The molecule has 1 aromatic carbocycles. The summed E-state index contributed by atoms with van der Waals surface area (Å²) in [4.78, 5) is 4.24. The van der Waals surface area contributed by atoms with E-state index < -0.39 is 8.07 Å². The van der Waals surface area contributed by atoms with Gasteiger partial charge in [0.2, 0.25) is 8.07 Å². The molecule has 0 saturated carbocycles. The van der Waals surface area contributed by atoms with E-state index in [0.717, 1.165) is 33.3 Å². The number of hydrogen-bond donors (Lipinski definition) is 0. The van der Waals surface area contributed by atoms with Crippen molar-refractivity contribution in [3.05, 3.63) is 101 Å². The van der Waals surface area contributed by atoms with Crippen LogP contribution in [0.25, 0.3) is 11.4 Å². The van der Waals surface area contributed by atoms with Crippen molar-refractivity contribution >= 4 is 18.7 Å². The zero-order valence-electron chi connectivity index (χ0n) is 17.5. The summed E-state index contributed by atoms with van der Waals surface area (Å²) < 4.78 is 3.87. The smallest absolute Gasteiger partial charge is 0.389 e. The average molecular weight is 603 g/mol. The molecule has 1 aliphatic heterocycles. The molecule has 4 heterocycles. The van der Waals surface area contributed by atoms with E-state index in [1.807, 2.05) is 39.7 Å². The van der Waals surface area contributed by atoms with Gasteiger partial charge in [-0.3, -0.25) is 9.36 Å². The predicted octanol–water partition coefficient (Wildman–Crippen LogP) is 2.74. The van der Waals surface area contributed by atoms with Gasteiger partial charge in [0, 0.05) is 11.9 Å². The number of benzene rings is 1. The summed E-state index contributed by atoms with van der Waals surface area (Å²) >= 11 is 0. The van der Waals surface area contributed by atoms with Crippen molar-refractivity contribution in [3.63, 3.8) is 0 Å². The van der Waals surface area contributed by atoms with Crippen LogP contribution in [0.15, 0.2) is 72.5 Å². The van der Waals surface area contributed by atoms with E-state index >= 15 is 0 Å². The Kier molecular flexibility index (Phi) is 5.78. The maximum Gasteiger partial charge on any atom is 2.00 e. The van der Waals surface area contributed by atoms with Crippen molar-refractivity contribution in [2.75, 3.05) is 0 Å². The fourth-order valence-electron chi connectivity index (χ4n) is 4.06. The van der Waals surface area contributed by atoms with Crippen LogP contribution >= 0.6 is 0 Å². The zero-order chi connectivity index (χ0) is 20.7. The monoisotopic (exact) mass is 602 g/mol. The van der Waals surface area contributed by atoms with E-state index in [0.29, 0.717) is 0 Å². The van der Waals surface area contributed by atoms with Crippen molar-refractivity contribution in [1.29, 1.82) is 0 Å². The molecule has 5 nitrogen and oxygen atoms in total. The standard InChI is InChI=1S/C24H21N5Si.Pt/c1-18-17-28(21-10-5-4-6-11-21)26-23(18)30(14-7-8-15-30)24-19(2)20(3)29(27-24)22-12-9-13-25-16-22;/h4-10,13-17H,1-3H3;/q-2;+2. The molecule has 0 unspecified atom stereocenters. The third-order valence-corrected chi connectivity index (χ3v) is 9.66. The van der Waals surface area contributed by atoms with Gasteiger partial charge in [0.1, 0.15) is 0 Å². The minimum atomic E-state index is -2.40. The van der Waals surface area contributed by atoms with Gasteiger partial charge in [0.15, 0.2) is 0 Å². The molecule has 3 aromatic heterocycles. The van der Waals surface area contributed by atoms with Crippen LogP contribution in [0, 0.1) is 32.9 Å². The van der Waals surface area contributed by atoms with Crippen molar-refractivity contribution in [2.24, 2.45) is 0 Å². The summed E-state index contributed by atoms with van der Waals surface area (Å²) in [6.07, 6.45) is 9.87. The van der Waals surface area contributed by atoms with Gasteiger partial charge >= 0.3 is 21.1 Å². The molecular weight excluding hydrogens is 581 g/mol. The number of hydrogen-bond acceptors (Lipinski definition) is 3. The second kappa shape index (κ2) is 8.37. The Morgan fingerprint density at radius 1 is 0.903 bits per heavy atom. The first kappa shape index (κ1) is 21.4. The normalized spacial score (nSPS) is 14.0. The Morgan fingerprint density at radius 3 is 2.35 bits per heavy atom. The van der Waals surface area contributed by atoms with Crippen LogP contribution in [0.4, 0.5) is 0 Å². The van der Waals surface area contributed by atoms with Crippen molar-refractivity contribution in [3.8, 4) is 11.4 Å². The molecule has 4 aromatic rings. The molecule has 0 spiro atoms. The van der Waals surface area contributed by atoms with Gasteiger partial charge in [-0.15, -0.1) is 6.07 Å². The molecule has 7 heteroatoms. The Hall–Kier alpha value is -2.82. The molecule has 0 N–H and O–H groups in total. The number of nitrogens with zero attached hydrogens (tertiary/aromatic N) is 5. The van der Waals surface area contributed by atoms with Gasteiger partial charge in [-0.05, 0) is 43.3 Å². The van der Waals surface area contributed by atoms with Crippen LogP contribution in [0.5, 0.6) is 0 Å². The minimum Gasteiger partial charge on any atom is -0.389 e. The molecule has 0 saturated heterocycles. The Labute approximate surface area is 197 Å². The summed E-state index contributed by atoms with van der Waals surface area (Å²) in [5.74, 6) is 0. The molecule has 0 fully saturated rings. The van der Waals surface area contributed by atoms with Gasteiger partial charge in [-0.1, -0.05) is 35.9 Å². The van der Waals surface area contributed by atoms with E-state index in [2.05, 4.69) is 67.6 Å². The summed E-state index contributed by atoms with van der Waals surface area (Å²) in [5.41, 5.74) is 9.86. The van der Waals surface area contributed by atoms with Crippen LogP contribution in [-0.2, 0) is 21.1 Å². The zero-order valence-corrected chi connectivity index (χ0v) is 20.8. The average Bonchev–Trinajstić information content (AvgIpc) is 3.49. The molecule has 5 rings (SSSR count).